The lowest BCUT2D eigenvalue weighted by Gasteiger charge is -2.03. The summed E-state index contributed by atoms with van der Waals surface area (Å²) in [6, 6.07) is 8.83. The third-order valence-corrected chi connectivity index (χ3v) is 3.61. The molecule has 0 unspecified atom stereocenters. The number of hydrogen-bond acceptors (Lipinski definition) is 4. The van der Waals surface area contributed by atoms with Crippen molar-refractivity contribution in [3.63, 3.8) is 0 Å². The lowest BCUT2D eigenvalue weighted by molar-refractivity contribution is 0.290. The maximum atomic E-state index is 13.9. The Labute approximate surface area is 141 Å². The Morgan fingerprint density at radius 3 is 2.76 bits per heavy atom. The van der Waals surface area contributed by atoms with Crippen molar-refractivity contribution in [2.45, 2.75) is 6.61 Å². The van der Waals surface area contributed by atoms with E-state index in [1.165, 1.54) is 18.3 Å². The Kier molecular flexibility index (Phi) is 3.81. The molecule has 7 heteroatoms. The van der Waals surface area contributed by atoms with E-state index in [1.807, 2.05) is 6.07 Å². The number of pyridine rings is 1. The van der Waals surface area contributed by atoms with E-state index in [-0.39, 0.29) is 12.2 Å². The number of halogens is 2. The van der Waals surface area contributed by atoms with Crippen LogP contribution in [-0.2, 0) is 6.61 Å². The first-order chi connectivity index (χ1) is 12.2. The molecule has 0 spiro atoms. The van der Waals surface area contributed by atoms with Crippen LogP contribution in [0.3, 0.4) is 0 Å². The fourth-order valence-electron chi connectivity index (χ4n) is 2.45. The van der Waals surface area contributed by atoms with Crippen LogP contribution in [0.1, 0.15) is 5.69 Å². The van der Waals surface area contributed by atoms with Gasteiger partial charge in [0, 0.05) is 48.0 Å². The number of nitrogens with zero attached hydrogens (tertiary/aromatic N) is 4. The molecule has 0 aliphatic heterocycles. The van der Waals surface area contributed by atoms with Crippen molar-refractivity contribution in [2.75, 3.05) is 0 Å². The minimum absolute atomic E-state index is 0.237. The third-order valence-electron chi connectivity index (χ3n) is 3.61. The minimum atomic E-state index is -0.639. The predicted octanol–water partition coefficient (Wildman–Crippen LogP) is 3.65. The number of imidazole rings is 1. The maximum Gasteiger partial charge on any atom is 0.234 e. The molecule has 0 saturated heterocycles. The number of ether oxygens (including phenoxy) is 1. The van der Waals surface area contributed by atoms with Gasteiger partial charge in [0.2, 0.25) is 11.7 Å². The van der Waals surface area contributed by atoms with E-state index in [2.05, 4.69) is 15.0 Å². The lowest BCUT2D eigenvalue weighted by atomic mass is 10.1. The summed E-state index contributed by atoms with van der Waals surface area (Å²) >= 11 is 0. The molecule has 0 radical (unpaired) electrons. The molecule has 0 bridgehead atoms. The van der Waals surface area contributed by atoms with Crippen molar-refractivity contribution < 1.29 is 13.5 Å². The van der Waals surface area contributed by atoms with Gasteiger partial charge in [-0.3, -0.25) is 4.40 Å². The fourth-order valence-corrected chi connectivity index (χ4v) is 2.45. The number of hydrogen-bond donors (Lipinski definition) is 0. The van der Waals surface area contributed by atoms with E-state index in [1.54, 1.807) is 35.1 Å². The number of rotatable bonds is 4. The van der Waals surface area contributed by atoms with Crippen LogP contribution in [0.4, 0.5) is 8.78 Å². The number of fused-ring (bicyclic) bond motifs is 1. The molecule has 0 atom stereocenters. The van der Waals surface area contributed by atoms with E-state index >= 15 is 0 Å². The number of benzene rings is 1. The molecule has 0 N–H and O–H groups in total. The van der Waals surface area contributed by atoms with Crippen molar-refractivity contribution >= 4 is 5.78 Å². The first-order valence-electron chi connectivity index (χ1n) is 7.52. The van der Waals surface area contributed by atoms with E-state index in [9.17, 15) is 8.78 Å². The summed E-state index contributed by atoms with van der Waals surface area (Å²) in [7, 11) is 0. The van der Waals surface area contributed by atoms with Crippen LogP contribution in [0.25, 0.3) is 16.9 Å². The summed E-state index contributed by atoms with van der Waals surface area (Å²) in [5.74, 6) is -0.292. The maximum absolute atomic E-state index is 13.9. The molecule has 4 rings (SSSR count). The zero-order valence-electron chi connectivity index (χ0n) is 12.9. The highest BCUT2D eigenvalue weighted by molar-refractivity contribution is 5.63. The van der Waals surface area contributed by atoms with Gasteiger partial charge >= 0.3 is 0 Å². The van der Waals surface area contributed by atoms with Crippen molar-refractivity contribution in [2.24, 2.45) is 0 Å². The fraction of sp³-hybridized carbons (Fsp3) is 0.0556. The van der Waals surface area contributed by atoms with Gasteiger partial charge in [-0.2, -0.15) is 0 Å². The summed E-state index contributed by atoms with van der Waals surface area (Å²) in [4.78, 5) is 12.6. The molecule has 3 aromatic heterocycles. The van der Waals surface area contributed by atoms with Crippen molar-refractivity contribution in [1.82, 2.24) is 19.4 Å². The minimum Gasteiger partial charge on any atom is -0.471 e. The first-order valence-corrected chi connectivity index (χ1v) is 7.52. The molecular weight excluding hydrogens is 326 g/mol. The Morgan fingerprint density at radius 1 is 1.04 bits per heavy atom. The normalized spacial score (nSPS) is 11.0. The van der Waals surface area contributed by atoms with Crippen LogP contribution in [0.2, 0.25) is 0 Å². The van der Waals surface area contributed by atoms with Crippen molar-refractivity contribution in [3.8, 4) is 17.0 Å². The van der Waals surface area contributed by atoms with Crippen LogP contribution >= 0.6 is 0 Å². The molecule has 0 saturated carbocycles. The molecule has 3 heterocycles. The second-order valence-corrected chi connectivity index (χ2v) is 5.36. The zero-order chi connectivity index (χ0) is 17.2. The molecule has 4 aromatic rings. The van der Waals surface area contributed by atoms with Gasteiger partial charge in [0.05, 0.1) is 5.69 Å². The Morgan fingerprint density at radius 2 is 1.96 bits per heavy atom. The Bertz CT molecular complexity index is 1030. The van der Waals surface area contributed by atoms with E-state index in [0.717, 1.165) is 6.07 Å². The van der Waals surface area contributed by atoms with E-state index in [4.69, 9.17) is 4.74 Å². The second-order valence-electron chi connectivity index (χ2n) is 5.36. The summed E-state index contributed by atoms with van der Waals surface area (Å²) in [6.45, 7) is 0.237. The molecule has 0 amide bonds. The van der Waals surface area contributed by atoms with Gasteiger partial charge < -0.3 is 4.74 Å². The van der Waals surface area contributed by atoms with Gasteiger partial charge in [0.25, 0.3) is 0 Å². The van der Waals surface area contributed by atoms with Crippen LogP contribution in [0, 0.1) is 11.6 Å². The van der Waals surface area contributed by atoms with Gasteiger partial charge in [-0.15, -0.1) is 0 Å². The van der Waals surface area contributed by atoms with E-state index in [0.29, 0.717) is 22.9 Å². The lowest BCUT2D eigenvalue weighted by Crippen LogP contribution is -1.96. The van der Waals surface area contributed by atoms with Gasteiger partial charge in [0.1, 0.15) is 18.2 Å². The summed E-state index contributed by atoms with van der Waals surface area (Å²) < 4.78 is 34.2. The molecule has 0 aliphatic carbocycles. The number of aromatic nitrogens is 4. The van der Waals surface area contributed by atoms with Crippen molar-refractivity contribution in [1.29, 1.82) is 0 Å². The third kappa shape index (κ3) is 3.16. The zero-order valence-corrected chi connectivity index (χ0v) is 12.9. The smallest absolute Gasteiger partial charge is 0.234 e. The molecular formula is C18H12F2N4O. The molecule has 1 aromatic carbocycles. The first kappa shape index (κ1) is 15.2. The summed E-state index contributed by atoms with van der Waals surface area (Å²) in [5, 5.41) is 0. The Balaban J connectivity index is 1.61. The average Bonchev–Trinajstić information content (AvgIpc) is 3.03. The molecule has 124 valence electrons. The largest absolute Gasteiger partial charge is 0.471 e. The molecule has 0 fully saturated rings. The summed E-state index contributed by atoms with van der Waals surface area (Å²) in [5.41, 5.74) is 1.46. The van der Waals surface area contributed by atoms with Crippen LogP contribution in [0.15, 0.2) is 61.2 Å². The molecule has 5 nitrogen and oxygen atoms in total. The Hall–Kier alpha value is -3.35. The molecule has 0 aliphatic rings. The predicted molar refractivity (Wildman–Crippen MR) is 86.9 cm³/mol. The highest BCUT2D eigenvalue weighted by Gasteiger charge is 2.10. The topological polar surface area (TPSA) is 52.3 Å². The average molecular weight is 338 g/mol. The SMILES string of the molecule is Fc1ccc(-c2cnc3nc(COc4ccccn4)cn3c2)c(F)c1. The quantitative estimate of drug-likeness (QED) is 0.570. The van der Waals surface area contributed by atoms with Crippen LogP contribution in [-0.4, -0.2) is 19.4 Å². The highest BCUT2D eigenvalue weighted by atomic mass is 19.1. The van der Waals surface area contributed by atoms with Gasteiger partial charge in [-0.05, 0) is 18.2 Å². The second kappa shape index (κ2) is 6.27. The van der Waals surface area contributed by atoms with Gasteiger partial charge in [0.15, 0.2) is 0 Å². The van der Waals surface area contributed by atoms with Crippen molar-refractivity contribution in [3.05, 3.63) is 78.5 Å². The monoisotopic (exact) mass is 338 g/mol. The van der Waals surface area contributed by atoms with Crippen LogP contribution in [0.5, 0.6) is 5.88 Å². The highest BCUT2D eigenvalue weighted by Crippen LogP contribution is 2.23. The van der Waals surface area contributed by atoms with Gasteiger partial charge in [-0.1, -0.05) is 6.07 Å². The van der Waals surface area contributed by atoms with Gasteiger partial charge in [-0.25, -0.2) is 23.7 Å². The standard InChI is InChI=1S/C18H12F2N4O/c19-13-4-5-15(16(20)7-13)12-8-22-18-23-14(10-24(18)9-12)11-25-17-3-1-2-6-21-17/h1-10H,11H2. The van der Waals surface area contributed by atoms with Crippen LogP contribution < -0.4 is 4.74 Å². The van der Waals surface area contributed by atoms with E-state index < -0.39 is 11.6 Å². The molecule has 25 heavy (non-hydrogen) atoms. The summed E-state index contributed by atoms with van der Waals surface area (Å²) in [6.07, 6.45) is 6.58.